The third-order valence-electron chi connectivity index (χ3n) is 2.31. The molecule has 0 radical (unpaired) electrons. The topological polar surface area (TPSA) is 55.2 Å². The van der Waals surface area contributed by atoms with Gasteiger partial charge in [-0.25, -0.2) is 0 Å². The number of anilines is 1. The lowest BCUT2D eigenvalue weighted by molar-refractivity contribution is -0.385. The van der Waals surface area contributed by atoms with Crippen LogP contribution in [0.2, 0.25) is 4.34 Å². The van der Waals surface area contributed by atoms with Gasteiger partial charge >= 0.3 is 0 Å². The van der Waals surface area contributed by atoms with Gasteiger partial charge in [0.1, 0.15) is 4.34 Å². The highest BCUT2D eigenvalue weighted by Crippen LogP contribution is 2.33. The molecule has 0 unspecified atom stereocenters. The molecule has 100 valence electrons. The van der Waals surface area contributed by atoms with E-state index in [-0.39, 0.29) is 5.69 Å². The Bertz CT molecular complexity index is 614. The summed E-state index contributed by atoms with van der Waals surface area (Å²) in [6, 6.07) is 6.85. The van der Waals surface area contributed by atoms with Crippen LogP contribution in [-0.4, -0.2) is 4.92 Å². The SMILES string of the molecule is O=[N+]([O-])c1cc(NCc2cc(Br)c(Cl)s2)ccc1Br. The lowest BCUT2D eigenvalue weighted by atomic mass is 10.3. The molecule has 1 aromatic heterocycles. The average Bonchev–Trinajstić information content (AvgIpc) is 2.67. The molecule has 0 aliphatic heterocycles. The zero-order chi connectivity index (χ0) is 14.0. The maximum Gasteiger partial charge on any atom is 0.285 e. The number of hydrogen-bond acceptors (Lipinski definition) is 4. The number of nitro benzene ring substituents is 1. The van der Waals surface area contributed by atoms with Crippen molar-refractivity contribution in [3.63, 3.8) is 0 Å². The van der Waals surface area contributed by atoms with Gasteiger partial charge in [-0.2, -0.15) is 0 Å². The summed E-state index contributed by atoms with van der Waals surface area (Å²) in [5.41, 5.74) is 0.728. The van der Waals surface area contributed by atoms with E-state index in [0.717, 1.165) is 9.35 Å². The third-order valence-corrected chi connectivity index (χ3v) is 5.45. The van der Waals surface area contributed by atoms with E-state index in [1.54, 1.807) is 12.1 Å². The quantitative estimate of drug-likeness (QED) is 0.523. The second-order valence-electron chi connectivity index (χ2n) is 3.61. The molecule has 1 N–H and O–H groups in total. The number of thiophene rings is 1. The highest BCUT2D eigenvalue weighted by molar-refractivity contribution is 9.11. The maximum atomic E-state index is 10.8. The van der Waals surface area contributed by atoms with Crippen LogP contribution in [0.3, 0.4) is 0 Å². The van der Waals surface area contributed by atoms with Crippen LogP contribution >= 0.6 is 54.8 Å². The summed E-state index contributed by atoms with van der Waals surface area (Å²) in [7, 11) is 0. The van der Waals surface area contributed by atoms with Crippen LogP contribution in [-0.2, 0) is 6.54 Å². The Morgan fingerprint density at radius 2 is 2.05 bits per heavy atom. The fourth-order valence-corrected chi connectivity index (χ4v) is 3.55. The average molecular weight is 427 g/mol. The molecule has 8 heteroatoms. The number of benzene rings is 1. The van der Waals surface area contributed by atoms with Crippen molar-refractivity contribution in [3.8, 4) is 0 Å². The largest absolute Gasteiger partial charge is 0.380 e. The molecule has 0 aliphatic rings. The van der Waals surface area contributed by atoms with E-state index < -0.39 is 4.92 Å². The van der Waals surface area contributed by atoms with Crippen LogP contribution in [0.1, 0.15) is 4.88 Å². The number of nitrogens with one attached hydrogen (secondary N) is 1. The minimum absolute atomic E-state index is 0.0374. The lowest BCUT2D eigenvalue weighted by Gasteiger charge is -2.05. The van der Waals surface area contributed by atoms with E-state index in [1.807, 2.05) is 6.07 Å². The predicted molar refractivity (Wildman–Crippen MR) is 85.2 cm³/mol. The Morgan fingerprint density at radius 1 is 1.32 bits per heavy atom. The van der Waals surface area contributed by atoms with E-state index in [2.05, 4.69) is 37.2 Å². The number of nitro groups is 1. The van der Waals surface area contributed by atoms with E-state index in [4.69, 9.17) is 11.6 Å². The molecule has 0 spiro atoms. The summed E-state index contributed by atoms with van der Waals surface area (Å²) < 4.78 is 2.02. The number of nitrogens with zero attached hydrogens (tertiary/aromatic N) is 1. The Kier molecular flexibility index (Phi) is 4.83. The minimum atomic E-state index is -0.423. The molecule has 0 fully saturated rings. The highest BCUT2D eigenvalue weighted by atomic mass is 79.9. The van der Waals surface area contributed by atoms with Gasteiger partial charge in [-0.1, -0.05) is 11.6 Å². The van der Waals surface area contributed by atoms with Crippen molar-refractivity contribution < 1.29 is 4.92 Å². The molecule has 1 heterocycles. The first-order valence-electron chi connectivity index (χ1n) is 5.09. The van der Waals surface area contributed by atoms with Crippen molar-refractivity contribution in [3.05, 3.63) is 52.5 Å². The van der Waals surface area contributed by atoms with Crippen LogP contribution in [0.4, 0.5) is 11.4 Å². The molecule has 2 rings (SSSR count). The Hall–Kier alpha value is -0.630. The lowest BCUT2D eigenvalue weighted by Crippen LogP contribution is -1.98. The molecule has 0 bridgehead atoms. The first kappa shape index (κ1) is 14.8. The van der Waals surface area contributed by atoms with Gasteiger partial charge in [0.15, 0.2) is 0 Å². The molecule has 4 nitrogen and oxygen atoms in total. The van der Waals surface area contributed by atoms with Gasteiger partial charge in [0.2, 0.25) is 0 Å². The van der Waals surface area contributed by atoms with Gasteiger partial charge in [-0.15, -0.1) is 11.3 Å². The van der Waals surface area contributed by atoms with Crippen molar-refractivity contribution in [2.45, 2.75) is 6.54 Å². The highest BCUT2D eigenvalue weighted by Gasteiger charge is 2.12. The molecule has 0 atom stereocenters. The molecular formula is C11H7Br2ClN2O2S. The van der Waals surface area contributed by atoms with Crippen LogP contribution in [0, 0.1) is 10.1 Å². The molecule has 0 amide bonds. The minimum Gasteiger partial charge on any atom is -0.380 e. The first-order chi connectivity index (χ1) is 8.97. The second-order valence-corrected chi connectivity index (χ2v) is 7.06. The standard InChI is InChI=1S/C11H7Br2ClN2O2S/c12-8-2-1-6(3-10(8)16(17)18)15-5-7-4-9(13)11(14)19-7/h1-4,15H,5H2. The Labute approximate surface area is 135 Å². The Balaban J connectivity index is 2.11. The first-order valence-corrected chi connectivity index (χ1v) is 7.87. The molecule has 0 aliphatic carbocycles. The van der Waals surface area contributed by atoms with Gasteiger partial charge in [0.05, 0.1) is 9.40 Å². The summed E-state index contributed by atoms with van der Waals surface area (Å²) in [5.74, 6) is 0. The number of halogens is 3. The van der Waals surface area contributed by atoms with Gasteiger partial charge in [0.25, 0.3) is 5.69 Å². The fraction of sp³-hybridized carbons (Fsp3) is 0.0909. The van der Waals surface area contributed by atoms with Crippen molar-refractivity contribution in [2.24, 2.45) is 0 Å². The number of hydrogen-bond donors (Lipinski definition) is 1. The van der Waals surface area contributed by atoms with Crippen LogP contribution < -0.4 is 5.32 Å². The molecule has 1 aromatic carbocycles. The predicted octanol–water partition coefficient (Wildman–Crippen LogP) is 5.45. The summed E-state index contributed by atoms with van der Waals surface area (Å²) in [4.78, 5) is 11.4. The molecule has 0 saturated heterocycles. The van der Waals surface area contributed by atoms with Crippen LogP contribution in [0.25, 0.3) is 0 Å². The van der Waals surface area contributed by atoms with E-state index in [9.17, 15) is 10.1 Å². The van der Waals surface area contributed by atoms with Gasteiger partial charge < -0.3 is 5.32 Å². The fourth-order valence-electron chi connectivity index (χ4n) is 1.43. The summed E-state index contributed by atoms with van der Waals surface area (Å²) in [6.45, 7) is 0.564. The number of rotatable bonds is 4. The molecule has 0 saturated carbocycles. The zero-order valence-corrected chi connectivity index (χ0v) is 14.1. The van der Waals surface area contributed by atoms with E-state index >= 15 is 0 Å². The summed E-state index contributed by atoms with van der Waals surface area (Å²) in [5, 5.41) is 14.0. The van der Waals surface area contributed by atoms with Crippen molar-refractivity contribution >= 4 is 66.2 Å². The normalized spacial score (nSPS) is 10.5. The second kappa shape index (κ2) is 6.21. The van der Waals surface area contributed by atoms with Crippen LogP contribution in [0.15, 0.2) is 33.2 Å². The zero-order valence-electron chi connectivity index (χ0n) is 9.32. The smallest absolute Gasteiger partial charge is 0.285 e. The van der Waals surface area contributed by atoms with E-state index in [1.165, 1.54) is 17.4 Å². The third kappa shape index (κ3) is 3.68. The van der Waals surface area contributed by atoms with Crippen molar-refractivity contribution in [2.75, 3.05) is 5.32 Å². The van der Waals surface area contributed by atoms with Gasteiger partial charge in [-0.05, 0) is 50.1 Å². The van der Waals surface area contributed by atoms with Gasteiger partial charge in [-0.3, -0.25) is 10.1 Å². The summed E-state index contributed by atoms with van der Waals surface area (Å²) in [6.07, 6.45) is 0. The van der Waals surface area contributed by atoms with Crippen LogP contribution in [0.5, 0.6) is 0 Å². The Morgan fingerprint density at radius 3 is 2.63 bits per heavy atom. The molecule has 19 heavy (non-hydrogen) atoms. The molecular weight excluding hydrogens is 419 g/mol. The van der Waals surface area contributed by atoms with Crippen molar-refractivity contribution in [1.29, 1.82) is 0 Å². The summed E-state index contributed by atoms with van der Waals surface area (Å²) >= 11 is 13.9. The molecule has 2 aromatic rings. The van der Waals surface area contributed by atoms with E-state index in [0.29, 0.717) is 21.0 Å². The monoisotopic (exact) mass is 424 g/mol. The maximum absolute atomic E-state index is 10.8. The van der Waals surface area contributed by atoms with Crippen molar-refractivity contribution in [1.82, 2.24) is 0 Å². The van der Waals surface area contributed by atoms with Gasteiger partial charge in [0, 0.05) is 27.6 Å².